The number of aromatic nitrogens is 6. The Hall–Kier alpha value is -3.00. The lowest BCUT2D eigenvalue weighted by Crippen LogP contribution is -2.03. The van der Waals surface area contributed by atoms with E-state index in [1.165, 1.54) is 17.3 Å². The molecule has 7 nitrogen and oxygen atoms in total. The van der Waals surface area contributed by atoms with Crippen LogP contribution in [-0.2, 0) is 12.3 Å². The SMILES string of the molecule is CC(C)c1ccc(-c2noc(CSc3nnnn3Cc3ccccc3)n2)cc1. The van der Waals surface area contributed by atoms with Crippen molar-refractivity contribution in [2.45, 2.75) is 37.2 Å². The molecule has 0 aliphatic rings. The van der Waals surface area contributed by atoms with Crippen molar-refractivity contribution in [2.24, 2.45) is 0 Å². The molecule has 0 bridgehead atoms. The van der Waals surface area contributed by atoms with Crippen LogP contribution in [0.2, 0.25) is 0 Å². The van der Waals surface area contributed by atoms with Crippen molar-refractivity contribution >= 4 is 11.8 Å². The van der Waals surface area contributed by atoms with Gasteiger partial charge in [-0.25, -0.2) is 4.68 Å². The third kappa shape index (κ3) is 4.28. The number of thioether (sulfide) groups is 1. The number of hydrogen-bond donors (Lipinski definition) is 0. The summed E-state index contributed by atoms with van der Waals surface area (Å²) >= 11 is 1.47. The Kier molecular flexibility index (Phi) is 5.48. The van der Waals surface area contributed by atoms with E-state index in [-0.39, 0.29) is 0 Å². The summed E-state index contributed by atoms with van der Waals surface area (Å²) in [6.07, 6.45) is 0. The molecule has 0 aliphatic heterocycles. The van der Waals surface area contributed by atoms with Crippen molar-refractivity contribution in [3.05, 3.63) is 71.6 Å². The van der Waals surface area contributed by atoms with E-state index in [1.54, 1.807) is 4.68 Å². The molecule has 28 heavy (non-hydrogen) atoms. The number of rotatable bonds is 7. The van der Waals surface area contributed by atoms with E-state index in [0.717, 1.165) is 11.1 Å². The van der Waals surface area contributed by atoms with Gasteiger partial charge in [0, 0.05) is 5.56 Å². The van der Waals surface area contributed by atoms with Gasteiger partial charge < -0.3 is 4.52 Å². The molecule has 8 heteroatoms. The second-order valence-electron chi connectivity index (χ2n) is 6.68. The molecule has 0 aliphatic carbocycles. The minimum absolute atomic E-state index is 0.494. The molecular weight excluding hydrogens is 372 g/mol. The standard InChI is InChI=1S/C20H20N6OS/c1-14(2)16-8-10-17(11-9-16)19-21-18(27-23-19)13-28-20-22-24-25-26(20)12-15-6-4-3-5-7-15/h3-11,14H,12-13H2,1-2H3. The highest BCUT2D eigenvalue weighted by atomic mass is 32.2. The maximum absolute atomic E-state index is 5.39. The highest BCUT2D eigenvalue weighted by Gasteiger charge is 2.13. The molecule has 0 amide bonds. The van der Waals surface area contributed by atoms with Crippen LogP contribution < -0.4 is 0 Å². The van der Waals surface area contributed by atoms with Gasteiger partial charge in [-0.2, -0.15) is 4.98 Å². The Balaban J connectivity index is 1.41. The first-order valence-electron chi connectivity index (χ1n) is 9.05. The van der Waals surface area contributed by atoms with Crippen molar-refractivity contribution in [1.82, 2.24) is 30.3 Å². The van der Waals surface area contributed by atoms with Crippen LogP contribution in [0.5, 0.6) is 0 Å². The lowest BCUT2D eigenvalue weighted by molar-refractivity contribution is 0.391. The van der Waals surface area contributed by atoms with E-state index in [9.17, 15) is 0 Å². The van der Waals surface area contributed by atoms with Crippen LogP contribution in [0.15, 0.2) is 64.3 Å². The van der Waals surface area contributed by atoms with Gasteiger partial charge in [-0.3, -0.25) is 0 Å². The molecule has 0 fully saturated rings. The van der Waals surface area contributed by atoms with E-state index in [2.05, 4.69) is 51.6 Å². The van der Waals surface area contributed by atoms with Gasteiger partial charge in [0.15, 0.2) is 0 Å². The van der Waals surface area contributed by atoms with E-state index in [4.69, 9.17) is 4.52 Å². The van der Waals surface area contributed by atoms with Crippen LogP contribution in [-0.4, -0.2) is 30.3 Å². The molecule has 142 valence electrons. The Morgan fingerprint density at radius 2 is 1.82 bits per heavy atom. The molecule has 0 saturated heterocycles. The third-order valence-corrected chi connectivity index (χ3v) is 5.24. The molecule has 2 heterocycles. The molecule has 4 rings (SSSR count). The number of tetrazole rings is 1. The molecule has 0 N–H and O–H groups in total. The zero-order chi connectivity index (χ0) is 19.3. The highest BCUT2D eigenvalue weighted by molar-refractivity contribution is 7.98. The van der Waals surface area contributed by atoms with Gasteiger partial charge in [0.05, 0.1) is 12.3 Å². The van der Waals surface area contributed by atoms with Crippen LogP contribution >= 0.6 is 11.8 Å². The van der Waals surface area contributed by atoms with Gasteiger partial charge >= 0.3 is 0 Å². The van der Waals surface area contributed by atoms with Crippen LogP contribution in [0.1, 0.15) is 36.8 Å². The fraction of sp³-hybridized carbons (Fsp3) is 0.250. The first kappa shape index (κ1) is 18.4. The Labute approximate surface area is 167 Å². The number of nitrogens with zero attached hydrogens (tertiary/aromatic N) is 6. The first-order valence-corrected chi connectivity index (χ1v) is 10.0. The number of benzene rings is 2. The summed E-state index contributed by atoms with van der Waals surface area (Å²) in [6.45, 7) is 4.96. The van der Waals surface area contributed by atoms with Gasteiger partial charge in [0.1, 0.15) is 0 Å². The van der Waals surface area contributed by atoms with Gasteiger partial charge in [-0.05, 0) is 27.5 Å². The minimum Gasteiger partial charge on any atom is -0.338 e. The predicted octanol–water partition coefficient (Wildman–Crippen LogP) is 4.19. The van der Waals surface area contributed by atoms with Gasteiger partial charge in [0.25, 0.3) is 0 Å². The van der Waals surface area contributed by atoms with Gasteiger partial charge in [-0.1, -0.05) is 85.4 Å². The molecule has 0 atom stereocenters. The lowest BCUT2D eigenvalue weighted by atomic mass is 10.0. The second kappa shape index (κ2) is 8.35. The molecule has 4 aromatic rings. The average Bonchev–Trinajstić information content (AvgIpc) is 3.37. The topological polar surface area (TPSA) is 82.5 Å². The van der Waals surface area contributed by atoms with Crippen LogP contribution in [0.4, 0.5) is 0 Å². The van der Waals surface area contributed by atoms with Gasteiger partial charge in [0.2, 0.25) is 16.9 Å². The van der Waals surface area contributed by atoms with Crippen molar-refractivity contribution in [3.8, 4) is 11.4 Å². The summed E-state index contributed by atoms with van der Waals surface area (Å²) in [5.74, 6) is 2.14. The van der Waals surface area contributed by atoms with Crippen molar-refractivity contribution in [2.75, 3.05) is 0 Å². The summed E-state index contributed by atoms with van der Waals surface area (Å²) < 4.78 is 7.16. The van der Waals surface area contributed by atoms with E-state index in [1.807, 2.05) is 42.5 Å². The lowest BCUT2D eigenvalue weighted by Gasteiger charge is -2.04. The predicted molar refractivity (Wildman–Crippen MR) is 107 cm³/mol. The molecule has 0 radical (unpaired) electrons. The smallest absolute Gasteiger partial charge is 0.237 e. The van der Waals surface area contributed by atoms with Crippen molar-refractivity contribution < 1.29 is 4.52 Å². The summed E-state index contributed by atoms with van der Waals surface area (Å²) in [4.78, 5) is 4.49. The van der Waals surface area contributed by atoms with Crippen LogP contribution in [0.25, 0.3) is 11.4 Å². The monoisotopic (exact) mass is 392 g/mol. The van der Waals surface area contributed by atoms with E-state index < -0.39 is 0 Å². The number of hydrogen-bond acceptors (Lipinski definition) is 7. The molecule has 0 unspecified atom stereocenters. The van der Waals surface area contributed by atoms with Crippen LogP contribution in [0, 0.1) is 0 Å². The Morgan fingerprint density at radius 3 is 2.57 bits per heavy atom. The van der Waals surface area contributed by atoms with Crippen molar-refractivity contribution in [1.29, 1.82) is 0 Å². The van der Waals surface area contributed by atoms with Crippen molar-refractivity contribution in [3.63, 3.8) is 0 Å². The van der Waals surface area contributed by atoms with Gasteiger partial charge in [-0.15, -0.1) is 5.10 Å². The average molecular weight is 392 g/mol. The first-order chi connectivity index (χ1) is 13.7. The third-order valence-electron chi connectivity index (χ3n) is 4.30. The molecule has 2 aromatic heterocycles. The van der Waals surface area contributed by atoms with E-state index >= 15 is 0 Å². The minimum atomic E-state index is 0.494. The summed E-state index contributed by atoms with van der Waals surface area (Å²) in [5.41, 5.74) is 3.37. The van der Waals surface area contributed by atoms with E-state index in [0.29, 0.717) is 35.1 Å². The molecule has 0 saturated carbocycles. The molecular formula is C20H20N6OS. The quantitative estimate of drug-likeness (QED) is 0.436. The maximum Gasteiger partial charge on any atom is 0.237 e. The summed E-state index contributed by atoms with van der Waals surface area (Å²) in [7, 11) is 0. The zero-order valence-electron chi connectivity index (χ0n) is 15.7. The Morgan fingerprint density at radius 1 is 1.04 bits per heavy atom. The fourth-order valence-corrected chi connectivity index (χ4v) is 3.44. The molecule has 0 spiro atoms. The molecule has 2 aromatic carbocycles. The Bertz CT molecular complexity index is 1030. The summed E-state index contributed by atoms with van der Waals surface area (Å²) in [6, 6.07) is 18.3. The zero-order valence-corrected chi connectivity index (χ0v) is 16.5. The maximum atomic E-state index is 5.39. The second-order valence-corrected chi connectivity index (χ2v) is 7.62. The fourth-order valence-electron chi connectivity index (χ4n) is 2.73. The normalized spacial score (nSPS) is 11.2. The largest absolute Gasteiger partial charge is 0.338 e. The highest BCUT2D eigenvalue weighted by Crippen LogP contribution is 2.23. The van der Waals surface area contributed by atoms with Crippen LogP contribution in [0.3, 0.4) is 0 Å². The summed E-state index contributed by atoms with van der Waals surface area (Å²) in [5, 5.41) is 16.7.